The lowest BCUT2D eigenvalue weighted by atomic mass is 10.0. The van der Waals surface area contributed by atoms with Crippen molar-refractivity contribution in [2.45, 2.75) is 62.6 Å². The highest BCUT2D eigenvalue weighted by Crippen LogP contribution is 2.36. The lowest BCUT2D eigenvalue weighted by Crippen LogP contribution is -2.29. The number of nitrogens with zero attached hydrogens (tertiary/aromatic N) is 2. The van der Waals surface area contributed by atoms with Crippen LogP contribution in [0.3, 0.4) is 0 Å². The van der Waals surface area contributed by atoms with Crippen molar-refractivity contribution < 1.29 is 13.2 Å². The summed E-state index contributed by atoms with van der Waals surface area (Å²) in [5, 5.41) is 2.29. The first-order chi connectivity index (χ1) is 17.2. The Morgan fingerprint density at radius 2 is 1.67 bits per heavy atom. The Morgan fingerprint density at radius 3 is 2.28 bits per heavy atom. The first-order valence-electron chi connectivity index (χ1n) is 12.4. The van der Waals surface area contributed by atoms with E-state index in [1.165, 1.54) is 6.07 Å². The van der Waals surface area contributed by atoms with Gasteiger partial charge in [-0.05, 0) is 68.9 Å². The molecule has 1 amide bonds. The lowest BCUT2D eigenvalue weighted by Gasteiger charge is -2.21. The minimum atomic E-state index is -3.73. The van der Waals surface area contributed by atoms with Crippen LogP contribution in [0.2, 0.25) is 0 Å². The maximum atomic E-state index is 13.8. The zero-order valence-electron chi connectivity index (χ0n) is 21.1. The van der Waals surface area contributed by atoms with Crippen molar-refractivity contribution >= 4 is 15.7 Å². The van der Waals surface area contributed by atoms with E-state index >= 15 is 0 Å². The van der Waals surface area contributed by atoms with Crippen LogP contribution in [0.25, 0.3) is 11.1 Å². The fraction of sp³-hybridized carbons (Fsp3) is 0.345. The van der Waals surface area contributed by atoms with Crippen LogP contribution in [0.4, 0.5) is 0 Å². The van der Waals surface area contributed by atoms with Gasteiger partial charge in [0.2, 0.25) is 0 Å². The molecule has 6 nitrogen and oxygen atoms in total. The minimum Gasteiger partial charge on any atom is -0.345 e. The average Bonchev–Trinajstić information content (AvgIpc) is 3.39. The molecule has 0 radical (unpaired) electrons. The van der Waals surface area contributed by atoms with E-state index in [2.05, 4.69) is 21.9 Å². The average molecular weight is 504 g/mol. The number of carbonyl (C=O) groups is 1. The van der Waals surface area contributed by atoms with Crippen LogP contribution >= 0.6 is 0 Å². The van der Waals surface area contributed by atoms with E-state index in [4.69, 9.17) is 0 Å². The van der Waals surface area contributed by atoms with Crippen molar-refractivity contribution in [3.63, 3.8) is 0 Å². The summed E-state index contributed by atoms with van der Waals surface area (Å²) in [6.45, 7) is 9.50. The third kappa shape index (κ3) is 5.57. The molecular formula is C29H33N3O3S. The van der Waals surface area contributed by atoms with Gasteiger partial charge in [0.05, 0.1) is 16.2 Å². The van der Waals surface area contributed by atoms with Gasteiger partial charge in [-0.1, -0.05) is 48.7 Å². The fourth-order valence-electron chi connectivity index (χ4n) is 4.81. The molecule has 1 aliphatic rings. The zero-order chi connectivity index (χ0) is 25.9. The van der Waals surface area contributed by atoms with Gasteiger partial charge in [0.15, 0.2) is 9.84 Å². The van der Waals surface area contributed by atoms with Gasteiger partial charge in [-0.25, -0.2) is 18.4 Å². The molecule has 1 saturated carbocycles. The molecule has 0 spiro atoms. The summed E-state index contributed by atoms with van der Waals surface area (Å²) in [5.41, 5.74) is 3.69. The molecule has 0 saturated heterocycles. The number of nitrogens with one attached hydrogen (secondary N) is 1. The Bertz CT molecular complexity index is 1340. The number of aromatic nitrogens is 2. The molecule has 7 heteroatoms. The standard InChI is InChI=1S/C29H33N3O3S/c1-5-28(23-8-6-7-9-23)36(34,35)27-15-24(22-12-10-19(2)11-13-22)14-25(16-27)29(33)32-20(3)26-17-30-21(4)31-18-26/h5,10-18,20,23,28H,1,6-9H2,2-4H3,(H,32,33). The molecule has 3 aromatic rings. The van der Waals surface area contributed by atoms with Gasteiger partial charge in [0.1, 0.15) is 5.82 Å². The number of sulfone groups is 1. The van der Waals surface area contributed by atoms with Crippen LogP contribution in [0, 0.1) is 19.8 Å². The van der Waals surface area contributed by atoms with Gasteiger partial charge in [-0.15, -0.1) is 6.58 Å². The summed E-state index contributed by atoms with van der Waals surface area (Å²) in [6.07, 6.45) is 8.73. The van der Waals surface area contributed by atoms with Crippen LogP contribution in [0.1, 0.15) is 66.0 Å². The second-order valence-electron chi connectivity index (χ2n) is 9.66. The molecule has 2 aromatic carbocycles. The molecule has 1 N–H and O–H groups in total. The van der Waals surface area contributed by atoms with Crippen molar-refractivity contribution in [1.29, 1.82) is 0 Å². The second-order valence-corrected chi connectivity index (χ2v) is 11.8. The quantitative estimate of drug-likeness (QED) is 0.394. The summed E-state index contributed by atoms with van der Waals surface area (Å²) >= 11 is 0. The van der Waals surface area contributed by atoms with E-state index in [-0.39, 0.29) is 22.8 Å². The fourth-order valence-corrected chi connectivity index (χ4v) is 6.74. The molecule has 2 atom stereocenters. The Kier molecular flexibility index (Phi) is 7.69. The van der Waals surface area contributed by atoms with Gasteiger partial charge in [-0.3, -0.25) is 4.79 Å². The summed E-state index contributed by atoms with van der Waals surface area (Å²) in [5.74, 6) is 0.343. The molecule has 36 heavy (non-hydrogen) atoms. The highest BCUT2D eigenvalue weighted by molar-refractivity contribution is 7.92. The highest BCUT2D eigenvalue weighted by Gasteiger charge is 2.34. The molecule has 188 valence electrons. The monoisotopic (exact) mass is 503 g/mol. The van der Waals surface area contributed by atoms with Crippen LogP contribution in [-0.4, -0.2) is 29.5 Å². The molecule has 0 aliphatic heterocycles. The number of benzene rings is 2. The highest BCUT2D eigenvalue weighted by atomic mass is 32.2. The van der Waals surface area contributed by atoms with E-state index in [1.807, 2.05) is 38.1 Å². The smallest absolute Gasteiger partial charge is 0.251 e. The van der Waals surface area contributed by atoms with Gasteiger partial charge in [0, 0.05) is 23.5 Å². The number of carbonyl (C=O) groups excluding carboxylic acids is 1. The summed E-state index contributed by atoms with van der Waals surface area (Å²) in [6, 6.07) is 12.4. The largest absolute Gasteiger partial charge is 0.345 e. The molecule has 1 aliphatic carbocycles. The normalized spacial score (nSPS) is 15.9. The first kappa shape index (κ1) is 25.8. The van der Waals surface area contributed by atoms with Gasteiger partial charge < -0.3 is 5.32 Å². The second kappa shape index (κ2) is 10.7. The summed E-state index contributed by atoms with van der Waals surface area (Å²) in [7, 11) is -3.73. The summed E-state index contributed by atoms with van der Waals surface area (Å²) < 4.78 is 27.6. The van der Waals surface area contributed by atoms with Crippen molar-refractivity contribution in [1.82, 2.24) is 15.3 Å². The van der Waals surface area contributed by atoms with E-state index in [1.54, 1.807) is 37.5 Å². The SMILES string of the molecule is C=CC(C1CCCC1)S(=O)(=O)c1cc(C(=O)NC(C)c2cnc(C)nc2)cc(-c2ccc(C)cc2)c1. The third-order valence-electron chi connectivity index (χ3n) is 6.99. The lowest BCUT2D eigenvalue weighted by molar-refractivity contribution is 0.0939. The van der Waals surface area contributed by atoms with E-state index in [9.17, 15) is 13.2 Å². The van der Waals surface area contributed by atoms with Crippen LogP contribution < -0.4 is 5.32 Å². The number of aryl methyl sites for hydroxylation is 2. The number of rotatable bonds is 8. The van der Waals surface area contributed by atoms with Crippen LogP contribution in [0.5, 0.6) is 0 Å². The Hall–Kier alpha value is -3.32. The van der Waals surface area contributed by atoms with E-state index in [0.29, 0.717) is 17.0 Å². The number of amides is 1. The van der Waals surface area contributed by atoms with Crippen LogP contribution in [0.15, 0.2) is 72.4 Å². The maximum Gasteiger partial charge on any atom is 0.251 e. The Labute approximate surface area is 213 Å². The minimum absolute atomic E-state index is 0.0503. The topological polar surface area (TPSA) is 89.0 Å². The van der Waals surface area contributed by atoms with Gasteiger partial charge >= 0.3 is 0 Å². The van der Waals surface area contributed by atoms with Crippen LogP contribution in [-0.2, 0) is 9.84 Å². The van der Waals surface area contributed by atoms with Crippen molar-refractivity contribution in [2.24, 2.45) is 5.92 Å². The molecule has 1 aromatic heterocycles. The number of hydrogen-bond acceptors (Lipinski definition) is 5. The van der Waals surface area contributed by atoms with Gasteiger partial charge in [0.25, 0.3) is 5.91 Å². The molecule has 4 rings (SSSR count). The summed E-state index contributed by atoms with van der Waals surface area (Å²) in [4.78, 5) is 21.9. The molecule has 1 fully saturated rings. The molecular weight excluding hydrogens is 470 g/mol. The molecule has 2 unspecified atom stereocenters. The Morgan fingerprint density at radius 1 is 1.03 bits per heavy atom. The molecule has 1 heterocycles. The predicted molar refractivity (Wildman–Crippen MR) is 142 cm³/mol. The van der Waals surface area contributed by atoms with Gasteiger partial charge in [-0.2, -0.15) is 0 Å². The van der Waals surface area contributed by atoms with E-state index in [0.717, 1.165) is 42.4 Å². The number of hydrogen-bond donors (Lipinski definition) is 1. The third-order valence-corrected chi connectivity index (χ3v) is 9.17. The van der Waals surface area contributed by atoms with Crippen molar-refractivity contribution in [3.8, 4) is 11.1 Å². The van der Waals surface area contributed by atoms with Crippen molar-refractivity contribution in [3.05, 3.63) is 90.0 Å². The van der Waals surface area contributed by atoms with Crippen molar-refractivity contribution in [2.75, 3.05) is 0 Å². The maximum absolute atomic E-state index is 13.8. The first-order valence-corrected chi connectivity index (χ1v) is 13.9. The Balaban J connectivity index is 1.74. The molecule has 0 bridgehead atoms. The zero-order valence-corrected chi connectivity index (χ0v) is 21.9. The predicted octanol–water partition coefficient (Wildman–Crippen LogP) is 5.77. The van der Waals surface area contributed by atoms with E-state index < -0.39 is 15.1 Å².